The van der Waals surface area contributed by atoms with E-state index in [0.717, 1.165) is 43.4 Å². The Kier molecular flexibility index (Phi) is 7.28. The van der Waals surface area contributed by atoms with E-state index in [1.807, 2.05) is 24.3 Å². The first-order valence-electron chi connectivity index (χ1n) is 10.2. The number of anilines is 2. The van der Waals surface area contributed by atoms with Crippen LogP contribution in [-0.4, -0.2) is 38.3 Å². The van der Waals surface area contributed by atoms with Crippen molar-refractivity contribution in [2.45, 2.75) is 43.9 Å². The molecule has 0 radical (unpaired) electrons. The summed E-state index contributed by atoms with van der Waals surface area (Å²) < 4.78 is 27.2. The Labute approximate surface area is 173 Å². The Hall–Kier alpha value is -2.38. The summed E-state index contributed by atoms with van der Waals surface area (Å²) in [6.45, 7) is 3.34. The Morgan fingerprint density at radius 3 is 2.31 bits per heavy atom. The molecular formula is C22H29N3O3S. The van der Waals surface area contributed by atoms with Gasteiger partial charge in [0, 0.05) is 24.5 Å². The van der Waals surface area contributed by atoms with Gasteiger partial charge in [0.05, 0.1) is 11.4 Å². The highest BCUT2D eigenvalue weighted by atomic mass is 32.2. The number of nitrogens with one attached hydrogen (secondary N) is 2. The van der Waals surface area contributed by atoms with Crippen LogP contribution in [-0.2, 0) is 21.2 Å². The third-order valence-electron chi connectivity index (χ3n) is 5.13. The molecule has 2 aromatic carbocycles. The lowest BCUT2D eigenvalue weighted by atomic mass is 10.1. The van der Waals surface area contributed by atoms with E-state index >= 15 is 0 Å². The van der Waals surface area contributed by atoms with Crippen molar-refractivity contribution in [1.29, 1.82) is 0 Å². The van der Waals surface area contributed by atoms with Crippen LogP contribution in [0.4, 0.5) is 11.4 Å². The number of nitrogens with zero attached hydrogens (tertiary/aromatic N) is 1. The molecule has 0 aromatic heterocycles. The maximum atomic E-state index is 12.8. The minimum absolute atomic E-state index is 0.106. The molecule has 1 saturated heterocycles. The molecule has 0 atom stereocenters. The van der Waals surface area contributed by atoms with Gasteiger partial charge in [0.2, 0.25) is 15.9 Å². The lowest BCUT2D eigenvalue weighted by Gasteiger charge is -2.20. The van der Waals surface area contributed by atoms with Crippen LogP contribution in [0.1, 0.15) is 38.2 Å². The molecule has 2 aromatic rings. The minimum atomic E-state index is -3.45. The summed E-state index contributed by atoms with van der Waals surface area (Å²) in [7, 11) is -3.45. The highest BCUT2D eigenvalue weighted by Gasteiger charge is 2.24. The predicted octanol–water partition coefficient (Wildman–Crippen LogP) is 3.86. The monoisotopic (exact) mass is 415 g/mol. The number of hydrogen-bond acceptors (Lipinski definition) is 4. The molecule has 7 heteroatoms. The third kappa shape index (κ3) is 5.81. The van der Waals surface area contributed by atoms with E-state index in [0.29, 0.717) is 23.7 Å². The van der Waals surface area contributed by atoms with Gasteiger partial charge in [0.1, 0.15) is 0 Å². The average molecular weight is 416 g/mol. The van der Waals surface area contributed by atoms with Crippen LogP contribution in [0.25, 0.3) is 0 Å². The fourth-order valence-corrected chi connectivity index (χ4v) is 4.95. The number of carbonyl (C=O) groups is 1. The largest absolute Gasteiger partial charge is 0.376 e. The van der Waals surface area contributed by atoms with E-state index in [2.05, 4.69) is 17.6 Å². The molecule has 1 aliphatic rings. The number of carbonyl (C=O) groups excluding carboxylic acids is 1. The lowest BCUT2D eigenvalue weighted by molar-refractivity contribution is -0.114. The molecule has 0 spiro atoms. The van der Waals surface area contributed by atoms with Gasteiger partial charge in [0.25, 0.3) is 0 Å². The topological polar surface area (TPSA) is 78.5 Å². The molecule has 1 amide bonds. The molecule has 156 valence electrons. The fourth-order valence-electron chi connectivity index (χ4n) is 3.43. The second kappa shape index (κ2) is 9.89. The van der Waals surface area contributed by atoms with Crippen molar-refractivity contribution < 1.29 is 13.2 Å². The van der Waals surface area contributed by atoms with E-state index in [4.69, 9.17) is 0 Å². The zero-order chi connectivity index (χ0) is 20.7. The third-order valence-corrected chi connectivity index (χ3v) is 7.04. The summed E-state index contributed by atoms with van der Waals surface area (Å²) in [5.74, 6) is -0.153. The minimum Gasteiger partial charge on any atom is -0.376 e. The zero-order valence-corrected chi connectivity index (χ0v) is 17.7. The summed E-state index contributed by atoms with van der Waals surface area (Å²) in [4.78, 5) is 12.5. The van der Waals surface area contributed by atoms with Gasteiger partial charge in [-0.15, -0.1) is 0 Å². The fraction of sp³-hybridized carbons (Fsp3) is 0.409. The van der Waals surface area contributed by atoms with Crippen LogP contribution in [0.5, 0.6) is 0 Å². The first-order valence-corrected chi connectivity index (χ1v) is 11.7. The van der Waals surface area contributed by atoms with Gasteiger partial charge in [-0.3, -0.25) is 4.79 Å². The lowest BCUT2D eigenvalue weighted by Crippen LogP contribution is -2.31. The molecule has 2 N–H and O–H groups in total. The Balaban J connectivity index is 1.56. The van der Waals surface area contributed by atoms with Crippen molar-refractivity contribution in [3.05, 3.63) is 54.1 Å². The van der Waals surface area contributed by atoms with Crippen LogP contribution in [0, 0.1) is 0 Å². The second-order valence-electron chi connectivity index (χ2n) is 7.30. The van der Waals surface area contributed by atoms with E-state index in [-0.39, 0.29) is 12.5 Å². The van der Waals surface area contributed by atoms with E-state index in [1.54, 1.807) is 28.6 Å². The predicted molar refractivity (Wildman–Crippen MR) is 117 cm³/mol. The Morgan fingerprint density at radius 1 is 0.966 bits per heavy atom. The molecular weight excluding hydrogens is 386 g/mol. The van der Waals surface area contributed by atoms with Gasteiger partial charge in [-0.05, 0) is 61.2 Å². The number of sulfonamides is 1. The Morgan fingerprint density at radius 2 is 1.66 bits per heavy atom. The smallest absolute Gasteiger partial charge is 0.243 e. The molecule has 6 nitrogen and oxygen atoms in total. The molecule has 0 bridgehead atoms. The number of aryl methyl sites for hydroxylation is 1. The normalized spacial score (nSPS) is 15.5. The van der Waals surface area contributed by atoms with Crippen molar-refractivity contribution in [3.63, 3.8) is 0 Å². The number of amides is 1. The van der Waals surface area contributed by atoms with E-state index < -0.39 is 10.0 Å². The SMILES string of the molecule is CCc1cccc(NC(=O)CNc2ccc(S(=O)(=O)N3CCCCCC3)cc2)c1. The van der Waals surface area contributed by atoms with Gasteiger partial charge in [-0.25, -0.2) is 8.42 Å². The summed E-state index contributed by atoms with van der Waals surface area (Å²) in [5.41, 5.74) is 2.64. The molecule has 29 heavy (non-hydrogen) atoms. The van der Waals surface area contributed by atoms with Crippen LogP contribution in [0.15, 0.2) is 53.4 Å². The van der Waals surface area contributed by atoms with Crippen molar-refractivity contribution in [1.82, 2.24) is 4.31 Å². The van der Waals surface area contributed by atoms with E-state index in [1.165, 1.54) is 0 Å². The summed E-state index contributed by atoms with van der Waals surface area (Å²) >= 11 is 0. The Bertz CT molecular complexity index is 919. The van der Waals surface area contributed by atoms with Crippen LogP contribution in [0.2, 0.25) is 0 Å². The second-order valence-corrected chi connectivity index (χ2v) is 9.24. The number of rotatable bonds is 7. The number of benzene rings is 2. The summed E-state index contributed by atoms with van der Waals surface area (Å²) in [5, 5.41) is 5.91. The maximum absolute atomic E-state index is 12.8. The average Bonchev–Trinajstić information content (AvgIpc) is 3.03. The van der Waals surface area contributed by atoms with Crippen molar-refractivity contribution in [2.75, 3.05) is 30.3 Å². The van der Waals surface area contributed by atoms with Gasteiger partial charge >= 0.3 is 0 Å². The van der Waals surface area contributed by atoms with Gasteiger partial charge < -0.3 is 10.6 Å². The summed E-state index contributed by atoms with van der Waals surface area (Å²) in [6.07, 6.45) is 4.90. The highest BCUT2D eigenvalue weighted by molar-refractivity contribution is 7.89. The summed E-state index contributed by atoms with van der Waals surface area (Å²) in [6, 6.07) is 14.4. The van der Waals surface area contributed by atoms with Gasteiger partial charge in [-0.1, -0.05) is 31.9 Å². The quantitative estimate of drug-likeness (QED) is 0.720. The van der Waals surface area contributed by atoms with Crippen molar-refractivity contribution in [2.24, 2.45) is 0 Å². The van der Waals surface area contributed by atoms with Gasteiger partial charge in [-0.2, -0.15) is 4.31 Å². The van der Waals surface area contributed by atoms with Crippen LogP contribution in [0.3, 0.4) is 0 Å². The van der Waals surface area contributed by atoms with Crippen molar-refractivity contribution in [3.8, 4) is 0 Å². The molecule has 0 aliphatic carbocycles. The molecule has 1 aliphatic heterocycles. The van der Waals surface area contributed by atoms with Crippen LogP contribution < -0.4 is 10.6 Å². The van der Waals surface area contributed by atoms with Crippen molar-refractivity contribution >= 4 is 27.3 Å². The molecule has 3 rings (SSSR count). The van der Waals surface area contributed by atoms with Gasteiger partial charge in [0.15, 0.2) is 0 Å². The molecule has 1 heterocycles. The van der Waals surface area contributed by atoms with E-state index in [9.17, 15) is 13.2 Å². The standard InChI is InChI=1S/C22H29N3O3S/c1-2-18-8-7-9-20(16-18)24-22(26)17-23-19-10-12-21(13-11-19)29(27,28)25-14-5-3-4-6-15-25/h7-13,16,23H,2-6,14-15,17H2,1H3,(H,24,26). The molecule has 1 fully saturated rings. The molecule has 0 unspecified atom stereocenters. The zero-order valence-electron chi connectivity index (χ0n) is 16.9. The maximum Gasteiger partial charge on any atom is 0.243 e. The number of hydrogen-bond donors (Lipinski definition) is 2. The highest BCUT2D eigenvalue weighted by Crippen LogP contribution is 2.21. The first-order chi connectivity index (χ1) is 14.0. The first kappa shape index (κ1) is 21.3. The van der Waals surface area contributed by atoms with Crippen LogP contribution >= 0.6 is 0 Å². The molecule has 0 saturated carbocycles.